The van der Waals surface area contributed by atoms with Crippen molar-refractivity contribution in [2.24, 2.45) is 0 Å². The number of aromatic nitrogens is 3. The number of nitrogens with zero attached hydrogens (tertiary/aromatic N) is 3. The van der Waals surface area contributed by atoms with Crippen LogP contribution in [0.25, 0.3) is 78.7 Å². The van der Waals surface area contributed by atoms with Gasteiger partial charge < -0.3 is 0 Å². The first-order chi connectivity index (χ1) is 26.7. The highest BCUT2D eigenvalue weighted by atomic mass is 15.0. The van der Waals surface area contributed by atoms with Crippen LogP contribution in [0.5, 0.6) is 0 Å². The summed E-state index contributed by atoms with van der Waals surface area (Å²) in [7, 11) is 0. The summed E-state index contributed by atoms with van der Waals surface area (Å²) in [4.78, 5) is 15.0. The van der Waals surface area contributed by atoms with Gasteiger partial charge >= 0.3 is 0 Å². The lowest BCUT2D eigenvalue weighted by atomic mass is 9.76. The van der Waals surface area contributed by atoms with Gasteiger partial charge in [-0.2, -0.15) is 0 Å². The summed E-state index contributed by atoms with van der Waals surface area (Å²) < 4.78 is 0. The van der Waals surface area contributed by atoms with Gasteiger partial charge in [0.25, 0.3) is 0 Å². The van der Waals surface area contributed by atoms with E-state index in [1.54, 1.807) is 0 Å². The van der Waals surface area contributed by atoms with E-state index in [0.29, 0.717) is 17.5 Å². The molecule has 3 aliphatic rings. The maximum atomic E-state index is 5.03. The molecule has 1 heterocycles. The summed E-state index contributed by atoms with van der Waals surface area (Å²) in [6, 6.07) is 59.2. The number of hydrogen-bond acceptors (Lipinski definition) is 3. The zero-order valence-electron chi connectivity index (χ0n) is 30.0. The predicted octanol–water partition coefficient (Wildman–Crippen LogP) is 13.3. The molecule has 3 heteroatoms. The standard InChI is InChI=1S/C51H37N3.CH4/c1-3-14-33(15-4-1)48-52-49(34-16-5-2-6-17-34)54-50(53-48)37-19-11-18-35(30-37)38-21-12-23-40-41-24-13-22-39(45(41)32-44(38)40)36-26-27-43-42-20-7-8-25-46(42)51(47(43)31-36)28-9-10-29-51;/h1-8,11-27,30-31H,9-10,28-29,32H2;1H4. The summed E-state index contributed by atoms with van der Waals surface area (Å²) in [6.45, 7) is 0. The van der Waals surface area contributed by atoms with Crippen LogP contribution in [0, 0.1) is 0 Å². The largest absolute Gasteiger partial charge is 0.208 e. The van der Waals surface area contributed by atoms with Crippen LogP contribution in [0.15, 0.2) is 164 Å². The Balaban J connectivity index is 0.00000372. The van der Waals surface area contributed by atoms with Gasteiger partial charge in [0.05, 0.1) is 0 Å². The number of fused-ring (bicyclic) bond motifs is 8. The topological polar surface area (TPSA) is 38.7 Å². The van der Waals surface area contributed by atoms with Crippen LogP contribution < -0.4 is 0 Å². The molecule has 1 fully saturated rings. The van der Waals surface area contributed by atoms with E-state index in [2.05, 4.69) is 127 Å². The van der Waals surface area contributed by atoms with Crippen molar-refractivity contribution in [3.8, 4) is 78.7 Å². The average Bonchev–Trinajstić information content (AvgIpc) is 3.97. The maximum Gasteiger partial charge on any atom is 0.164 e. The predicted molar refractivity (Wildman–Crippen MR) is 227 cm³/mol. The van der Waals surface area contributed by atoms with Gasteiger partial charge in [-0.1, -0.05) is 172 Å². The Hall–Kier alpha value is -6.45. The SMILES string of the molecule is C.c1ccc(-c2nc(-c3ccccc3)nc(-c3cccc(-c4cccc5c4Cc4c(-c6ccc7c(c6)C6(CCCC6)c6ccccc6-7)cccc4-5)c3)n2)cc1. The van der Waals surface area contributed by atoms with Crippen LogP contribution in [0.4, 0.5) is 0 Å². The summed E-state index contributed by atoms with van der Waals surface area (Å²) in [5.74, 6) is 2.01. The Kier molecular flexibility index (Phi) is 7.92. The van der Waals surface area contributed by atoms with E-state index < -0.39 is 0 Å². The normalized spacial score (nSPS) is 14.2. The Morgan fingerprint density at radius 2 is 0.800 bits per heavy atom. The van der Waals surface area contributed by atoms with E-state index in [1.807, 2.05) is 36.4 Å². The molecule has 3 aliphatic carbocycles. The van der Waals surface area contributed by atoms with Crippen LogP contribution in [-0.2, 0) is 11.8 Å². The van der Waals surface area contributed by atoms with Gasteiger partial charge in [0.2, 0.25) is 0 Å². The van der Waals surface area contributed by atoms with Crippen LogP contribution in [0.2, 0.25) is 0 Å². The quantitative estimate of drug-likeness (QED) is 0.179. The molecule has 1 spiro atoms. The lowest BCUT2D eigenvalue weighted by molar-refractivity contribution is 0.550. The fraction of sp³-hybridized carbons (Fsp3) is 0.135. The van der Waals surface area contributed by atoms with Gasteiger partial charge in [-0.25, -0.2) is 15.0 Å². The second-order valence-electron chi connectivity index (χ2n) is 15.1. The summed E-state index contributed by atoms with van der Waals surface area (Å²) in [6.07, 6.45) is 5.98. The molecular formula is C52H41N3. The van der Waals surface area contributed by atoms with Crippen molar-refractivity contribution >= 4 is 0 Å². The molecular weight excluding hydrogens is 667 g/mol. The van der Waals surface area contributed by atoms with E-state index >= 15 is 0 Å². The second-order valence-corrected chi connectivity index (χ2v) is 15.1. The lowest BCUT2D eigenvalue weighted by Crippen LogP contribution is -2.20. The smallest absolute Gasteiger partial charge is 0.164 e. The third kappa shape index (κ3) is 5.29. The van der Waals surface area contributed by atoms with Crippen molar-refractivity contribution in [1.29, 1.82) is 0 Å². The van der Waals surface area contributed by atoms with Gasteiger partial charge in [-0.05, 0) is 98.2 Å². The highest BCUT2D eigenvalue weighted by Gasteiger charge is 2.45. The highest BCUT2D eigenvalue weighted by Crippen LogP contribution is 2.57. The molecule has 0 radical (unpaired) electrons. The Labute approximate surface area is 323 Å². The van der Waals surface area contributed by atoms with E-state index in [9.17, 15) is 0 Å². The molecule has 55 heavy (non-hydrogen) atoms. The number of benzene rings is 7. The highest BCUT2D eigenvalue weighted by molar-refractivity contribution is 5.91. The van der Waals surface area contributed by atoms with Crippen LogP contribution in [0.1, 0.15) is 55.4 Å². The number of rotatable bonds is 5. The molecule has 7 aromatic carbocycles. The first-order valence-electron chi connectivity index (χ1n) is 19.2. The molecule has 1 saturated carbocycles. The van der Waals surface area contributed by atoms with Crippen molar-refractivity contribution in [3.63, 3.8) is 0 Å². The Morgan fingerprint density at radius 1 is 0.345 bits per heavy atom. The first kappa shape index (κ1) is 33.1. The van der Waals surface area contributed by atoms with Gasteiger partial charge in [0, 0.05) is 22.1 Å². The van der Waals surface area contributed by atoms with Crippen molar-refractivity contribution in [1.82, 2.24) is 15.0 Å². The van der Waals surface area contributed by atoms with Gasteiger partial charge in [-0.3, -0.25) is 0 Å². The first-order valence-corrected chi connectivity index (χ1v) is 19.2. The molecule has 8 aromatic rings. The van der Waals surface area contributed by atoms with Crippen LogP contribution >= 0.6 is 0 Å². The van der Waals surface area contributed by atoms with E-state index in [-0.39, 0.29) is 12.8 Å². The molecule has 11 rings (SSSR count). The third-order valence-electron chi connectivity index (χ3n) is 12.2. The summed E-state index contributed by atoms with van der Waals surface area (Å²) in [5.41, 5.74) is 19.6. The van der Waals surface area contributed by atoms with Crippen molar-refractivity contribution in [3.05, 3.63) is 186 Å². The molecule has 0 saturated heterocycles. The van der Waals surface area contributed by atoms with Gasteiger partial charge in [0.15, 0.2) is 17.5 Å². The minimum absolute atomic E-state index is 0. The molecule has 3 nitrogen and oxygen atoms in total. The Morgan fingerprint density at radius 3 is 1.44 bits per heavy atom. The molecule has 0 aliphatic heterocycles. The molecule has 264 valence electrons. The fourth-order valence-corrected chi connectivity index (χ4v) is 9.68. The Bertz CT molecular complexity index is 2680. The number of hydrogen-bond donors (Lipinski definition) is 0. The molecule has 1 aromatic heterocycles. The van der Waals surface area contributed by atoms with Crippen LogP contribution in [0.3, 0.4) is 0 Å². The average molecular weight is 708 g/mol. The summed E-state index contributed by atoms with van der Waals surface area (Å²) in [5, 5.41) is 0. The van der Waals surface area contributed by atoms with E-state index in [1.165, 1.54) is 92.4 Å². The van der Waals surface area contributed by atoms with E-state index in [4.69, 9.17) is 15.0 Å². The molecule has 0 N–H and O–H groups in total. The van der Waals surface area contributed by atoms with E-state index in [0.717, 1.165) is 23.1 Å². The van der Waals surface area contributed by atoms with Gasteiger partial charge in [-0.15, -0.1) is 0 Å². The minimum atomic E-state index is 0. The molecule has 0 amide bonds. The zero-order chi connectivity index (χ0) is 35.6. The fourth-order valence-electron chi connectivity index (χ4n) is 9.68. The summed E-state index contributed by atoms with van der Waals surface area (Å²) >= 11 is 0. The molecule has 0 atom stereocenters. The minimum Gasteiger partial charge on any atom is -0.208 e. The van der Waals surface area contributed by atoms with Gasteiger partial charge in [0.1, 0.15) is 0 Å². The third-order valence-corrected chi connectivity index (χ3v) is 12.2. The van der Waals surface area contributed by atoms with Crippen molar-refractivity contribution < 1.29 is 0 Å². The van der Waals surface area contributed by atoms with Crippen LogP contribution in [-0.4, -0.2) is 15.0 Å². The van der Waals surface area contributed by atoms with Crippen molar-refractivity contribution in [2.45, 2.75) is 44.9 Å². The molecule has 0 unspecified atom stereocenters. The second kappa shape index (κ2) is 13.1. The lowest BCUT2D eigenvalue weighted by Gasteiger charge is -2.27. The monoisotopic (exact) mass is 707 g/mol. The molecule has 0 bridgehead atoms. The van der Waals surface area contributed by atoms with Crippen molar-refractivity contribution in [2.75, 3.05) is 0 Å². The maximum absolute atomic E-state index is 5.03. The zero-order valence-corrected chi connectivity index (χ0v) is 30.0.